The van der Waals surface area contributed by atoms with Gasteiger partial charge in [-0.1, -0.05) is 13.3 Å². The maximum atomic E-state index is 12.0. The van der Waals surface area contributed by atoms with Crippen molar-refractivity contribution in [1.82, 2.24) is 14.9 Å². The monoisotopic (exact) mass is 348 g/mol. The number of sulfonamides is 1. The van der Waals surface area contributed by atoms with Gasteiger partial charge in [-0.2, -0.15) is 0 Å². The number of ether oxygens (including phenoxy) is 1. The van der Waals surface area contributed by atoms with E-state index in [9.17, 15) is 8.42 Å². The highest BCUT2D eigenvalue weighted by molar-refractivity contribution is 7.89. The number of unbranched alkanes of at least 4 members (excludes halogenated alkanes) is 1. The van der Waals surface area contributed by atoms with Crippen LogP contribution in [0, 0.1) is 0 Å². The molecule has 1 saturated heterocycles. The average Bonchev–Trinajstić information content (AvgIpc) is 2.56. The van der Waals surface area contributed by atoms with E-state index in [-0.39, 0.29) is 11.9 Å². The molecule has 1 fully saturated rings. The lowest BCUT2D eigenvalue weighted by molar-refractivity contribution is 0.0200. The first-order valence-corrected chi connectivity index (χ1v) is 10.1. The van der Waals surface area contributed by atoms with Crippen molar-refractivity contribution >= 4 is 16.0 Å². The zero-order valence-electron chi connectivity index (χ0n) is 14.7. The fourth-order valence-electron chi connectivity index (χ4n) is 2.44. The van der Waals surface area contributed by atoms with E-state index in [1.807, 2.05) is 11.9 Å². The number of rotatable bonds is 9. The van der Waals surface area contributed by atoms with Crippen LogP contribution >= 0.6 is 0 Å². The lowest BCUT2D eigenvalue weighted by Crippen LogP contribution is -2.43. The molecule has 1 aliphatic heterocycles. The minimum Gasteiger partial charge on any atom is -0.377 e. The van der Waals surface area contributed by atoms with Gasteiger partial charge in [-0.3, -0.25) is 4.99 Å². The van der Waals surface area contributed by atoms with Gasteiger partial charge in [0, 0.05) is 40.3 Å². The van der Waals surface area contributed by atoms with Gasteiger partial charge in [-0.15, -0.1) is 0 Å². The van der Waals surface area contributed by atoms with E-state index in [4.69, 9.17) is 4.74 Å². The second-order valence-corrected chi connectivity index (χ2v) is 7.83. The van der Waals surface area contributed by atoms with E-state index in [1.165, 1.54) is 0 Å². The van der Waals surface area contributed by atoms with E-state index in [0.717, 1.165) is 51.2 Å². The van der Waals surface area contributed by atoms with Crippen molar-refractivity contribution in [3.63, 3.8) is 0 Å². The molecule has 1 aliphatic rings. The van der Waals surface area contributed by atoms with Crippen LogP contribution in [-0.2, 0) is 14.8 Å². The molecule has 8 heteroatoms. The van der Waals surface area contributed by atoms with E-state index in [1.54, 1.807) is 7.05 Å². The molecule has 0 spiro atoms. The van der Waals surface area contributed by atoms with Gasteiger partial charge < -0.3 is 15.0 Å². The Morgan fingerprint density at radius 3 is 2.78 bits per heavy atom. The molecule has 0 aromatic rings. The number of nitrogens with one attached hydrogen (secondary N) is 2. The summed E-state index contributed by atoms with van der Waals surface area (Å²) in [5.41, 5.74) is 0. The number of nitrogens with zero attached hydrogens (tertiary/aromatic N) is 2. The zero-order valence-corrected chi connectivity index (χ0v) is 15.5. The number of aliphatic imine (C=N–C) groups is 1. The quantitative estimate of drug-likeness (QED) is 0.475. The van der Waals surface area contributed by atoms with Crippen molar-refractivity contribution in [3.05, 3.63) is 0 Å². The molecule has 136 valence electrons. The highest BCUT2D eigenvalue weighted by Gasteiger charge is 2.17. The first-order valence-electron chi connectivity index (χ1n) is 8.49. The van der Waals surface area contributed by atoms with E-state index in [2.05, 4.69) is 22.0 Å². The van der Waals surface area contributed by atoms with E-state index >= 15 is 0 Å². The SMILES string of the molecule is CCCCN(C)C(=NC)NCCS(=O)(=O)NCC1CCCCO1. The van der Waals surface area contributed by atoms with Gasteiger partial charge in [0.1, 0.15) is 0 Å². The molecule has 2 N–H and O–H groups in total. The standard InChI is InChI=1S/C15H32N4O3S/c1-4-5-10-19(3)15(16-2)17-9-12-23(20,21)18-13-14-8-6-7-11-22-14/h14,18H,4-13H2,1-3H3,(H,16,17). The van der Waals surface area contributed by atoms with Crippen molar-refractivity contribution < 1.29 is 13.2 Å². The minimum absolute atomic E-state index is 0.0134. The van der Waals surface area contributed by atoms with E-state index in [0.29, 0.717) is 13.1 Å². The summed E-state index contributed by atoms with van der Waals surface area (Å²) in [4.78, 5) is 6.19. The number of hydrogen-bond donors (Lipinski definition) is 2. The van der Waals surface area contributed by atoms with Crippen molar-refractivity contribution in [2.24, 2.45) is 4.99 Å². The number of hydrogen-bond acceptors (Lipinski definition) is 4. The fourth-order valence-corrected chi connectivity index (χ4v) is 3.40. The van der Waals surface area contributed by atoms with E-state index < -0.39 is 10.0 Å². The van der Waals surface area contributed by atoms with Gasteiger partial charge in [0.25, 0.3) is 0 Å². The van der Waals surface area contributed by atoms with Gasteiger partial charge in [-0.05, 0) is 25.7 Å². The molecule has 23 heavy (non-hydrogen) atoms. The summed E-state index contributed by atoms with van der Waals surface area (Å²) in [6.45, 7) is 4.48. The third-order valence-corrected chi connectivity index (χ3v) is 5.23. The topological polar surface area (TPSA) is 83.0 Å². The molecule has 0 radical (unpaired) electrons. The van der Waals surface area contributed by atoms with Gasteiger partial charge in [0.05, 0.1) is 11.9 Å². The van der Waals surface area contributed by atoms with Crippen LogP contribution in [0.2, 0.25) is 0 Å². The first kappa shape index (κ1) is 20.2. The van der Waals surface area contributed by atoms with Gasteiger partial charge in [-0.25, -0.2) is 13.1 Å². The second-order valence-electron chi connectivity index (χ2n) is 5.91. The normalized spacial score (nSPS) is 19.6. The average molecular weight is 349 g/mol. The largest absolute Gasteiger partial charge is 0.377 e. The molecule has 0 aliphatic carbocycles. The Kier molecular flexibility index (Phi) is 9.50. The van der Waals surface area contributed by atoms with Crippen molar-refractivity contribution in [1.29, 1.82) is 0 Å². The first-order chi connectivity index (χ1) is 11.0. The Bertz CT molecular complexity index is 448. The van der Waals surface area contributed by atoms with Gasteiger partial charge >= 0.3 is 0 Å². The van der Waals surface area contributed by atoms with Gasteiger partial charge in [0.15, 0.2) is 5.96 Å². The second kappa shape index (κ2) is 10.8. The van der Waals surface area contributed by atoms with Crippen LogP contribution in [-0.4, -0.2) is 71.5 Å². The summed E-state index contributed by atoms with van der Waals surface area (Å²) < 4.78 is 32.2. The lowest BCUT2D eigenvalue weighted by Gasteiger charge is -2.23. The molecule has 1 atom stereocenters. The van der Waals surface area contributed by atoms with Gasteiger partial charge in [0.2, 0.25) is 10.0 Å². The fraction of sp³-hybridized carbons (Fsp3) is 0.933. The van der Waals surface area contributed by atoms with Crippen LogP contribution in [0.1, 0.15) is 39.0 Å². The Labute approximate surface area is 140 Å². The summed E-state index contributed by atoms with van der Waals surface area (Å²) in [5, 5.41) is 3.10. The zero-order chi connectivity index (χ0) is 17.1. The highest BCUT2D eigenvalue weighted by atomic mass is 32.2. The molecule has 1 rings (SSSR count). The molecular formula is C15H32N4O3S. The number of guanidine groups is 1. The molecule has 0 bridgehead atoms. The predicted octanol–water partition coefficient (Wildman–Crippen LogP) is 0.782. The third kappa shape index (κ3) is 8.53. The molecule has 1 heterocycles. The molecule has 7 nitrogen and oxygen atoms in total. The molecular weight excluding hydrogens is 316 g/mol. The maximum Gasteiger partial charge on any atom is 0.213 e. The van der Waals surface area contributed by atoms with Crippen LogP contribution in [0.4, 0.5) is 0 Å². The van der Waals surface area contributed by atoms with Crippen molar-refractivity contribution in [3.8, 4) is 0 Å². The predicted molar refractivity (Wildman–Crippen MR) is 94.3 cm³/mol. The molecule has 0 amide bonds. The minimum atomic E-state index is -3.29. The summed E-state index contributed by atoms with van der Waals surface area (Å²) in [6, 6.07) is 0. The Morgan fingerprint density at radius 1 is 1.39 bits per heavy atom. The molecule has 0 saturated carbocycles. The van der Waals surface area contributed by atoms with Crippen LogP contribution in [0.3, 0.4) is 0 Å². The van der Waals surface area contributed by atoms with Crippen molar-refractivity contribution in [2.75, 3.05) is 46.1 Å². The summed E-state index contributed by atoms with van der Waals surface area (Å²) >= 11 is 0. The van der Waals surface area contributed by atoms with Crippen LogP contribution < -0.4 is 10.0 Å². The summed E-state index contributed by atoms with van der Waals surface area (Å²) in [6.07, 6.45) is 5.31. The lowest BCUT2D eigenvalue weighted by atomic mass is 10.1. The molecule has 0 aromatic carbocycles. The molecule has 0 aromatic heterocycles. The third-order valence-electron chi connectivity index (χ3n) is 3.88. The Morgan fingerprint density at radius 2 is 2.17 bits per heavy atom. The summed E-state index contributed by atoms with van der Waals surface area (Å²) in [7, 11) is 0.369. The van der Waals surface area contributed by atoms with Crippen LogP contribution in [0.15, 0.2) is 4.99 Å². The van der Waals surface area contributed by atoms with Crippen LogP contribution in [0.5, 0.6) is 0 Å². The summed E-state index contributed by atoms with van der Waals surface area (Å²) in [5.74, 6) is 0.754. The van der Waals surface area contributed by atoms with Crippen molar-refractivity contribution in [2.45, 2.75) is 45.1 Å². The van der Waals surface area contributed by atoms with Crippen LogP contribution in [0.25, 0.3) is 0 Å². The Balaban J connectivity index is 2.28. The highest BCUT2D eigenvalue weighted by Crippen LogP contribution is 2.11. The molecule has 1 unspecified atom stereocenters. The Hall–Kier alpha value is -0.860. The maximum absolute atomic E-state index is 12.0. The smallest absolute Gasteiger partial charge is 0.213 e.